The minimum Gasteiger partial charge on any atom is -0.496 e. The van der Waals surface area contributed by atoms with Crippen molar-refractivity contribution in [3.05, 3.63) is 58.1 Å². The number of halogens is 1. The Labute approximate surface area is 123 Å². The van der Waals surface area contributed by atoms with Gasteiger partial charge in [0, 0.05) is 5.56 Å². The summed E-state index contributed by atoms with van der Waals surface area (Å²) in [4.78, 5) is 12.6. The quantitative estimate of drug-likeness (QED) is 0.801. The molecular weight excluding hydrogens is 276 g/mol. The lowest BCUT2D eigenvalue weighted by Crippen LogP contribution is -2.04. The number of methoxy groups -OCH3 is 2. The van der Waals surface area contributed by atoms with E-state index in [9.17, 15) is 4.79 Å². The Morgan fingerprint density at radius 2 is 1.65 bits per heavy atom. The Balaban J connectivity index is 2.46. The van der Waals surface area contributed by atoms with Gasteiger partial charge < -0.3 is 9.47 Å². The van der Waals surface area contributed by atoms with Gasteiger partial charge in [0.05, 0.1) is 24.8 Å². The molecule has 2 aromatic carbocycles. The van der Waals surface area contributed by atoms with Gasteiger partial charge in [-0.05, 0) is 37.3 Å². The molecule has 0 N–H and O–H groups in total. The molecular formula is C16H15ClO3. The predicted octanol–water partition coefficient (Wildman–Crippen LogP) is 3.90. The van der Waals surface area contributed by atoms with Crippen molar-refractivity contribution in [3.8, 4) is 11.5 Å². The fourth-order valence-corrected chi connectivity index (χ4v) is 2.22. The summed E-state index contributed by atoms with van der Waals surface area (Å²) in [7, 11) is 3.08. The van der Waals surface area contributed by atoms with Crippen LogP contribution in [-0.2, 0) is 0 Å². The first-order valence-corrected chi connectivity index (χ1v) is 6.47. The maximum atomic E-state index is 12.6. The van der Waals surface area contributed by atoms with E-state index in [1.54, 1.807) is 37.4 Å². The van der Waals surface area contributed by atoms with E-state index in [2.05, 4.69) is 0 Å². The number of ether oxygens (including phenoxy) is 2. The first-order valence-electron chi connectivity index (χ1n) is 6.09. The average Bonchev–Trinajstić information content (AvgIpc) is 2.46. The molecule has 0 aliphatic rings. The lowest BCUT2D eigenvalue weighted by molar-refractivity contribution is 0.103. The molecule has 0 fully saturated rings. The number of benzene rings is 2. The van der Waals surface area contributed by atoms with Crippen LogP contribution in [0.5, 0.6) is 11.5 Å². The van der Waals surface area contributed by atoms with Crippen LogP contribution < -0.4 is 9.47 Å². The minimum absolute atomic E-state index is 0.130. The third-order valence-electron chi connectivity index (χ3n) is 3.01. The molecule has 0 spiro atoms. The van der Waals surface area contributed by atoms with Gasteiger partial charge in [0.25, 0.3) is 0 Å². The molecule has 0 radical (unpaired) electrons. The van der Waals surface area contributed by atoms with E-state index in [-0.39, 0.29) is 5.78 Å². The van der Waals surface area contributed by atoms with Crippen LogP contribution in [0.2, 0.25) is 5.02 Å². The summed E-state index contributed by atoms with van der Waals surface area (Å²) < 4.78 is 10.3. The number of rotatable bonds is 4. The lowest BCUT2D eigenvalue weighted by atomic mass is 10.0. The second-order valence-corrected chi connectivity index (χ2v) is 4.79. The van der Waals surface area contributed by atoms with Crippen molar-refractivity contribution in [3.63, 3.8) is 0 Å². The number of ketones is 1. The van der Waals surface area contributed by atoms with Crippen LogP contribution in [0.15, 0.2) is 36.4 Å². The molecule has 4 heteroatoms. The smallest absolute Gasteiger partial charge is 0.196 e. The zero-order valence-corrected chi connectivity index (χ0v) is 12.3. The number of aryl methyl sites for hydroxylation is 1. The summed E-state index contributed by atoms with van der Waals surface area (Å²) in [6.07, 6.45) is 0. The minimum atomic E-state index is -0.130. The molecule has 20 heavy (non-hydrogen) atoms. The average molecular weight is 291 g/mol. The fourth-order valence-electron chi connectivity index (χ4n) is 1.96. The maximum absolute atomic E-state index is 12.6. The van der Waals surface area contributed by atoms with Crippen molar-refractivity contribution in [2.75, 3.05) is 14.2 Å². The number of hydrogen-bond donors (Lipinski definition) is 0. The van der Waals surface area contributed by atoms with Crippen molar-refractivity contribution in [2.45, 2.75) is 6.92 Å². The number of carbonyl (C=O) groups is 1. The Hall–Kier alpha value is -2.00. The molecule has 0 heterocycles. The highest BCUT2D eigenvalue weighted by Gasteiger charge is 2.16. The summed E-state index contributed by atoms with van der Waals surface area (Å²) >= 11 is 6.06. The van der Waals surface area contributed by atoms with Gasteiger partial charge in [0.2, 0.25) is 0 Å². The van der Waals surface area contributed by atoms with Crippen LogP contribution >= 0.6 is 11.6 Å². The van der Waals surface area contributed by atoms with Gasteiger partial charge in [-0.1, -0.05) is 23.2 Å². The monoisotopic (exact) mass is 290 g/mol. The van der Waals surface area contributed by atoms with Gasteiger partial charge in [-0.3, -0.25) is 4.79 Å². The van der Waals surface area contributed by atoms with Crippen molar-refractivity contribution in [1.82, 2.24) is 0 Å². The van der Waals surface area contributed by atoms with Crippen molar-refractivity contribution in [2.24, 2.45) is 0 Å². The lowest BCUT2D eigenvalue weighted by Gasteiger charge is -2.10. The largest absolute Gasteiger partial charge is 0.496 e. The van der Waals surface area contributed by atoms with E-state index < -0.39 is 0 Å². The Morgan fingerprint density at radius 3 is 2.25 bits per heavy atom. The molecule has 2 aromatic rings. The summed E-state index contributed by atoms with van der Waals surface area (Å²) in [6.45, 7) is 1.93. The predicted molar refractivity (Wildman–Crippen MR) is 79.2 cm³/mol. The van der Waals surface area contributed by atoms with Crippen LogP contribution in [0.1, 0.15) is 21.5 Å². The second kappa shape index (κ2) is 5.97. The third-order valence-corrected chi connectivity index (χ3v) is 3.31. The summed E-state index contributed by atoms with van der Waals surface area (Å²) in [5.74, 6) is 0.960. The Kier molecular flexibility index (Phi) is 4.30. The first kappa shape index (κ1) is 14.4. The summed E-state index contributed by atoms with van der Waals surface area (Å²) in [5, 5.41) is 0.407. The molecule has 2 rings (SSSR count). The van der Waals surface area contributed by atoms with E-state index in [4.69, 9.17) is 21.1 Å². The molecule has 0 bridgehead atoms. The highest BCUT2D eigenvalue weighted by atomic mass is 35.5. The van der Waals surface area contributed by atoms with Crippen molar-refractivity contribution < 1.29 is 14.3 Å². The molecule has 0 saturated heterocycles. The topological polar surface area (TPSA) is 35.5 Å². The Bertz CT molecular complexity index is 650. The maximum Gasteiger partial charge on any atom is 0.196 e. The molecule has 0 aliphatic carbocycles. The fraction of sp³-hybridized carbons (Fsp3) is 0.188. The number of carbonyl (C=O) groups excluding carboxylic acids is 1. The van der Waals surface area contributed by atoms with Crippen LogP contribution in [0.25, 0.3) is 0 Å². The molecule has 0 atom stereocenters. The van der Waals surface area contributed by atoms with Gasteiger partial charge >= 0.3 is 0 Å². The zero-order chi connectivity index (χ0) is 14.7. The SMILES string of the molecule is COc1ccc(C(=O)c2cc(C)ccc2OC)cc1Cl. The van der Waals surface area contributed by atoms with E-state index in [0.717, 1.165) is 5.56 Å². The van der Waals surface area contributed by atoms with Gasteiger partial charge in [0.15, 0.2) is 5.78 Å². The summed E-state index contributed by atoms with van der Waals surface area (Å²) in [5.41, 5.74) is 2.02. The van der Waals surface area contributed by atoms with E-state index in [0.29, 0.717) is 27.6 Å². The normalized spacial score (nSPS) is 10.2. The second-order valence-electron chi connectivity index (χ2n) is 4.38. The van der Waals surface area contributed by atoms with Gasteiger partial charge in [0.1, 0.15) is 11.5 Å². The van der Waals surface area contributed by atoms with Crippen molar-refractivity contribution >= 4 is 17.4 Å². The van der Waals surface area contributed by atoms with Gasteiger partial charge in [-0.25, -0.2) is 0 Å². The van der Waals surface area contributed by atoms with Gasteiger partial charge in [-0.2, -0.15) is 0 Å². The Morgan fingerprint density at radius 1 is 1.00 bits per heavy atom. The van der Waals surface area contributed by atoms with Crippen LogP contribution in [0, 0.1) is 6.92 Å². The van der Waals surface area contributed by atoms with E-state index in [1.165, 1.54) is 7.11 Å². The van der Waals surface area contributed by atoms with Crippen LogP contribution in [0.3, 0.4) is 0 Å². The van der Waals surface area contributed by atoms with Crippen LogP contribution in [0.4, 0.5) is 0 Å². The zero-order valence-electron chi connectivity index (χ0n) is 11.6. The standard InChI is InChI=1S/C16H15ClO3/c1-10-4-6-14(19-2)12(8-10)16(18)11-5-7-15(20-3)13(17)9-11/h4-9H,1-3H3. The van der Waals surface area contributed by atoms with Gasteiger partial charge in [-0.15, -0.1) is 0 Å². The molecule has 3 nitrogen and oxygen atoms in total. The molecule has 0 amide bonds. The third kappa shape index (κ3) is 2.78. The molecule has 0 unspecified atom stereocenters. The van der Waals surface area contributed by atoms with E-state index >= 15 is 0 Å². The van der Waals surface area contributed by atoms with Crippen LogP contribution in [-0.4, -0.2) is 20.0 Å². The first-order chi connectivity index (χ1) is 9.56. The molecule has 0 aliphatic heterocycles. The molecule has 0 saturated carbocycles. The highest BCUT2D eigenvalue weighted by molar-refractivity contribution is 6.32. The molecule has 104 valence electrons. The molecule has 0 aromatic heterocycles. The van der Waals surface area contributed by atoms with Crippen molar-refractivity contribution in [1.29, 1.82) is 0 Å². The summed E-state index contributed by atoms with van der Waals surface area (Å²) in [6, 6.07) is 10.5. The number of hydrogen-bond acceptors (Lipinski definition) is 3. The van der Waals surface area contributed by atoms with E-state index in [1.807, 2.05) is 13.0 Å². The highest BCUT2D eigenvalue weighted by Crippen LogP contribution is 2.28.